The topological polar surface area (TPSA) is 90.9 Å². The molecular formula is C21H24F3N4O2P. The van der Waals surface area contributed by atoms with Crippen molar-refractivity contribution >= 4 is 29.3 Å². The van der Waals surface area contributed by atoms with Gasteiger partial charge < -0.3 is 20.0 Å². The number of alkyl halides is 3. The van der Waals surface area contributed by atoms with Crippen LogP contribution in [0.15, 0.2) is 30.6 Å². The zero-order chi connectivity index (χ0) is 22.6. The number of anilines is 1. The van der Waals surface area contributed by atoms with Crippen LogP contribution in [0.2, 0.25) is 0 Å². The third kappa shape index (κ3) is 4.08. The van der Waals surface area contributed by atoms with Crippen molar-refractivity contribution in [2.75, 3.05) is 25.3 Å². The molecule has 0 radical (unpaired) electrons. The number of aromatic amines is 1. The van der Waals surface area contributed by atoms with E-state index in [9.17, 15) is 22.8 Å². The van der Waals surface area contributed by atoms with Crippen LogP contribution in [-0.4, -0.2) is 46.0 Å². The number of nitrogens with one attached hydrogen (secondary N) is 2. The SMILES string of the molecule is CC1(C(CO)Nc2ncc(C(F)(F)F)c(-c3c[nH]c4c(P(C)(C)=O)cccc34)n2)CC1. The highest BCUT2D eigenvalue weighted by Crippen LogP contribution is 2.49. The Morgan fingerprint density at radius 1 is 1.32 bits per heavy atom. The number of H-pyrrole nitrogens is 1. The molecule has 1 aromatic carbocycles. The Morgan fingerprint density at radius 3 is 2.61 bits per heavy atom. The summed E-state index contributed by atoms with van der Waals surface area (Å²) >= 11 is 0. The van der Waals surface area contributed by atoms with Crippen molar-refractivity contribution in [3.8, 4) is 11.3 Å². The fraction of sp³-hybridized carbons (Fsp3) is 0.429. The predicted octanol–water partition coefficient (Wildman–Crippen LogP) is 4.46. The fourth-order valence-corrected chi connectivity index (χ4v) is 4.96. The number of para-hydroxylation sites is 1. The maximum Gasteiger partial charge on any atom is 0.419 e. The number of benzene rings is 1. The first-order valence-electron chi connectivity index (χ1n) is 9.92. The van der Waals surface area contributed by atoms with Crippen LogP contribution in [0.4, 0.5) is 19.1 Å². The molecule has 1 saturated carbocycles. The van der Waals surface area contributed by atoms with Gasteiger partial charge in [-0.2, -0.15) is 13.2 Å². The third-order valence-electron chi connectivity index (χ3n) is 5.99. The zero-order valence-electron chi connectivity index (χ0n) is 17.4. The van der Waals surface area contributed by atoms with Gasteiger partial charge in [-0.15, -0.1) is 0 Å². The van der Waals surface area contributed by atoms with E-state index in [1.54, 1.807) is 31.5 Å². The van der Waals surface area contributed by atoms with Crippen LogP contribution < -0.4 is 10.6 Å². The summed E-state index contributed by atoms with van der Waals surface area (Å²) in [5, 5.41) is 13.8. The zero-order valence-corrected chi connectivity index (χ0v) is 18.3. The average molecular weight is 452 g/mol. The second-order valence-corrected chi connectivity index (χ2v) is 11.9. The molecule has 1 atom stereocenters. The molecule has 0 amide bonds. The Bertz CT molecular complexity index is 1180. The van der Waals surface area contributed by atoms with Crippen LogP contribution in [0, 0.1) is 5.41 Å². The Morgan fingerprint density at radius 2 is 2.03 bits per heavy atom. The van der Waals surface area contributed by atoms with E-state index in [1.165, 1.54) is 6.20 Å². The molecule has 0 saturated heterocycles. The first-order valence-corrected chi connectivity index (χ1v) is 12.5. The molecule has 10 heteroatoms. The second-order valence-electron chi connectivity index (χ2n) is 8.74. The van der Waals surface area contributed by atoms with E-state index in [2.05, 4.69) is 20.3 Å². The number of aliphatic hydroxyl groups excluding tert-OH is 1. The lowest BCUT2D eigenvalue weighted by atomic mass is 10.00. The van der Waals surface area contributed by atoms with E-state index in [0.29, 0.717) is 16.2 Å². The van der Waals surface area contributed by atoms with E-state index in [1.807, 2.05) is 6.92 Å². The summed E-state index contributed by atoms with van der Waals surface area (Å²) < 4.78 is 54.0. The van der Waals surface area contributed by atoms with E-state index < -0.39 is 18.9 Å². The molecule has 1 fully saturated rings. The lowest BCUT2D eigenvalue weighted by molar-refractivity contribution is -0.137. The normalized spacial score (nSPS) is 17.0. The Labute approximate surface area is 177 Å². The fourth-order valence-electron chi connectivity index (χ4n) is 3.79. The lowest BCUT2D eigenvalue weighted by Gasteiger charge is -2.23. The molecule has 166 valence electrons. The molecule has 4 rings (SSSR count). The van der Waals surface area contributed by atoms with Crippen LogP contribution >= 0.6 is 7.14 Å². The lowest BCUT2D eigenvalue weighted by Crippen LogP contribution is -2.33. The summed E-state index contributed by atoms with van der Waals surface area (Å²) in [7, 11) is -2.66. The van der Waals surface area contributed by atoms with E-state index in [4.69, 9.17) is 0 Å². The van der Waals surface area contributed by atoms with Crippen molar-refractivity contribution in [2.24, 2.45) is 5.41 Å². The molecule has 1 aliphatic carbocycles. The predicted molar refractivity (Wildman–Crippen MR) is 115 cm³/mol. The summed E-state index contributed by atoms with van der Waals surface area (Å²) in [6, 6.07) is 4.72. The van der Waals surface area contributed by atoms with Crippen LogP contribution in [0.3, 0.4) is 0 Å². The number of hydrogen-bond acceptors (Lipinski definition) is 5. The van der Waals surface area contributed by atoms with Crippen LogP contribution in [-0.2, 0) is 10.7 Å². The van der Waals surface area contributed by atoms with Gasteiger partial charge in [-0.1, -0.05) is 19.1 Å². The minimum Gasteiger partial charge on any atom is -0.394 e. The van der Waals surface area contributed by atoms with Crippen LogP contribution in [0.25, 0.3) is 22.2 Å². The van der Waals surface area contributed by atoms with Gasteiger partial charge in [0.15, 0.2) is 0 Å². The van der Waals surface area contributed by atoms with Gasteiger partial charge >= 0.3 is 6.18 Å². The second kappa shape index (κ2) is 7.35. The van der Waals surface area contributed by atoms with Crippen molar-refractivity contribution in [2.45, 2.75) is 32.0 Å². The first kappa shape index (κ1) is 21.8. The molecule has 2 aromatic heterocycles. The highest BCUT2D eigenvalue weighted by molar-refractivity contribution is 7.70. The molecule has 1 aliphatic rings. The molecule has 6 nitrogen and oxygen atoms in total. The molecule has 0 spiro atoms. The number of nitrogens with zero attached hydrogens (tertiary/aromatic N) is 2. The molecule has 31 heavy (non-hydrogen) atoms. The van der Waals surface area contributed by atoms with Crippen molar-refractivity contribution < 1.29 is 22.8 Å². The Balaban J connectivity index is 1.86. The summed E-state index contributed by atoms with van der Waals surface area (Å²) in [5.74, 6) is 0.0253. The minimum atomic E-state index is -4.65. The standard InChI is InChI=1S/C21H24F3N4O2P/c1-20(7-8-20)16(11-29)27-19-26-10-14(21(22,23)24)17(28-19)13-9-25-18-12(13)5-4-6-15(18)31(2,3)30/h4-6,9-10,16,25,29H,7-8,11H2,1-3H3,(H,26,27,28). The number of aliphatic hydroxyl groups is 1. The summed E-state index contributed by atoms with van der Waals surface area (Å²) in [6.07, 6.45) is -0.604. The molecule has 3 aromatic rings. The van der Waals surface area contributed by atoms with E-state index in [0.717, 1.165) is 19.0 Å². The molecule has 0 bridgehead atoms. The number of aromatic nitrogens is 3. The maximum absolute atomic E-state index is 13.8. The molecule has 0 aliphatic heterocycles. The largest absolute Gasteiger partial charge is 0.419 e. The quantitative estimate of drug-likeness (QED) is 0.481. The van der Waals surface area contributed by atoms with Gasteiger partial charge in [0.2, 0.25) is 5.95 Å². The molecule has 1 unspecified atom stereocenters. The summed E-state index contributed by atoms with van der Waals surface area (Å²) in [4.78, 5) is 11.1. The number of fused-ring (bicyclic) bond motifs is 1. The van der Waals surface area contributed by atoms with Crippen LogP contribution in [0.1, 0.15) is 25.3 Å². The number of rotatable bonds is 6. The Hall–Kier alpha value is -2.38. The Kier molecular flexibility index (Phi) is 5.17. The highest BCUT2D eigenvalue weighted by Gasteiger charge is 2.45. The van der Waals surface area contributed by atoms with Gasteiger partial charge in [0.1, 0.15) is 12.7 Å². The summed E-state index contributed by atoms with van der Waals surface area (Å²) in [5.41, 5.74) is -0.570. The first-order chi connectivity index (χ1) is 14.4. The minimum absolute atomic E-state index is 0.0253. The van der Waals surface area contributed by atoms with Gasteiger partial charge in [-0.3, -0.25) is 0 Å². The number of halogens is 3. The van der Waals surface area contributed by atoms with Crippen LogP contribution in [0.5, 0.6) is 0 Å². The molecular weight excluding hydrogens is 428 g/mol. The van der Waals surface area contributed by atoms with E-state index >= 15 is 0 Å². The van der Waals surface area contributed by atoms with Gasteiger partial charge in [-0.05, 0) is 37.7 Å². The third-order valence-corrected chi connectivity index (χ3v) is 7.52. The summed E-state index contributed by atoms with van der Waals surface area (Å²) in [6.45, 7) is 5.06. The van der Waals surface area contributed by atoms with Crippen molar-refractivity contribution in [1.82, 2.24) is 15.0 Å². The van der Waals surface area contributed by atoms with Crippen molar-refractivity contribution in [1.29, 1.82) is 0 Å². The maximum atomic E-state index is 13.8. The highest BCUT2D eigenvalue weighted by atomic mass is 31.2. The monoisotopic (exact) mass is 452 g/mol. The smallest absolute Gasteiger partial charge is 0.394 e. The molecule has 3 N–H and O–H groups in total. The average Bonchev–Trinajstić information content (AvgIpc) is 3.28. The van der Waals surface area contributed by atoms with Gasteiger partial charge in [0, 0.05) is 28.6 Å². The number of hydrogen-bond donors (Lipinski definition) is 3. The van der Waals surface area contributed by atoms with Crippen molar-refractivity contribution in [3.63, 3.8) is 0 Å². The van der Waals surface area contributed by atoms with Gasteiger partial charge in [-0.25, -0.2) is 9.97 Å². The van der Waals surface area contributed by atoms with E-state index in [-0.39, 0.29) is 35.3 Å². The van der Waals surface area contributed by atoms with Gasteiger partial charge in [0.25, 0.3) is 0 Å². The van der Waals surface area contributed by atoms with Gasteiger partial charge in [0.05, 0.1) is 23.9 Å². The van der Waals surface area contributed by atoms with Crippen molar-refractivity contribution in [3.05, 3.63) is 36.2 Å². The molecule has 2 heterocycles.